The molecule has 0 radical (unpaired) electrons. The predicted octanol–water partition coefficient (Wildman–Crippen LogP) is 2.45. The van der Waals surface area contributed by atoms with Gasteiger partial charge < -0.3 is 5.11 Å². The summed E-state index contributed by atoms with van der Waals surface area (Å²) < 4.78 is 0. The van der Waals surface area contributed by atoms with E-state index in [-0.39, 0.29) is 5.54 Å². The lowest BCUT2D eigenvalue weighted by atomic mass is 10.0. The Morgan fingerprint density at radius 1 is 1.29 bits per heavy atom. The Hall–Kier alpha value is -1.30. The molecule has 1 rings (SSSR count). The normalized spacial score (nSPS) is 13.1. The van der Waals surface area contributed by atoms with Gasteiger partial charge in [-0.05, 0) is 33.4 Å². The zero-order valence-corrected chi connectivity index (χ0v) is 11.1. The van der Waals surface area contributed by atoms with Gasteiger partial charge in [0.15, 0.2) is 0 Å². The van der Waals surface area contributed by atoms with Crippen molar-refractivity contribution in [1.29, 1.82) is 0 Å². The summed E-state index contributed by atoms with van der Waals surface area (Å²) in [6, 6.07) is 9.71. The van der Waals surface area contributed by atoms with Crippen LogP contribution in [0.2, 0.25) is 0 Å². The Labute approximate surface area is 104 Å². The van der Waals surface area contributed by atoms with Crippen LogP contribution in [0.4, 0.5) is 0 Å². The topological polar surface area (TPSA) is 23.5 Å². The van der Waals surface area contributed by atoms with E-state index in [0.29, 0.717) is 6.54 Å². The second kappa shape index (κ2) is 5.86. The lowest BCUT2D eigenvalue weighted by molar-refractivity contribution is 0.0934. The van der Waals surface area contributed by atoms with Gasteiger partial charge in [-0.25, -0.2) is 0 Å². The van der Waals surface area contributed by atoms with Gasteiger partial charge in [-0.3, -0.25) is 4.90 Å². The van der Waals surface area contributed by atoms with Crippen molar-refractivity contribution >= 4 is 0 Å². The number of β-amino-alcohol motifs (C(OH)–C–C–N with tert-alkyl or cyclic N) is 1. The molecule has 0 amide bonds. The molecule has 0 aliphatic rings. The molecule has 0 bridgehead atoms. The summed E-state index contributed by atoms with van der Waals surface area (Å²) >= 11 is 0. The number of hydrogen-bond donors (Lipinski definition) is 1. The van der Waals surface area contributed by atoms with Gasteiger partial charge in [-0.1, -0.05) is 36.3 Å². The van der Waals surface area contributed by atoms with Crippen molar-refractivity contribution in [3.8, 4) is 11.8 Å². The molecule has 0 aromatic heterocycles. The van der Waals surface area contributed by atoms with E-state index in [2.05, 4.69) is 30.6 Å². The number of rotatable bonds is 4. The first-order valence-corrected chi connectivity index (χ1v) is 5.85. The third-order valence-corrected chi connectivity index (χ3v) is 3.02. The summed E-state index contributed by atoms with van der Waals surface area (Å²) in [4.78, 5) is 2.07. The van der Waals surface area contributed by atoms with E-state index in [4.69, 9.17) is 0 Å². The van der Waals surface area contributed by atoms with Crippen molar-refractivity contribution in [2.45, 2.75) is 32.4 Å². The molecule has 0 aliphatic heterocycles. The maximum Gasteiger partial charge on any atom is 0.0917 e. The number of aliphatic hydroxyl groups excluding tert-OH is 1. The second-order valence-corrected chi connectivity index (χ2v) is 4.74. The fourth-order valence-electron chi connectivity index (χ4n) is 1.67. The van der Waals surface area contributed by atoms with E-state index in [0.717, 1.165) is 5.56 Å². The van der Waals surface area contributed by atoms with Gasteiger partial charge in [-0.2, -0.15) is 0 Å². The van der Waals surface area contributed by atoms with Gasteiger partial charge in [0, 0.05) is 6.54 Å². The van der Waals surface area contributed by atoms with Crippen LogP contribution in [0, 0.1) is 11.8 Å². The van der Waals surface area contributed by atoms with Crippen LogP contribution in [0.25, 0.3) is 0 Å². The van der Waals surface area contributed by atoms with Crippen LogP contribution in [0.1, 0.15) is 32.4 Å². The first-order chi connectivity index (χ1) is 7.97. The first-order valence-electron chi connectivity index (χ1n) is 5.85. The van der Waals surface area contributed by atoms with E-state index in [9.17, 15) is 5.11 Å². The van der Waals surface area contributed by atoms with E-state index in [1.807, 2.05) is 44.3 Å². The summed E-state index contributed by atoms with van der Waals surface area (Å²) in [6.07, 6.45) is -0.473. The third-order valence-electron chi connectivity index (χ3n) is 3.02. The van der Waals surface area contributed by atoms with Gasteiger partial charge in [0.05, 0.1) is 11.6 Å². The lowest BCUT2D eigenvalue weighted by Gasteiger charge is -2.32. The quantitative estimate of drug-likeness (QED) is 0.805. The molecule has 0 heterocycles. The molecule has 0 aliphatic carbocycles. The highest BCUT2D eigenvalue weighted by Gasteiger charge is 2.23. The molecule has 1 aromatic rings. The first kappa shape index (κ1) is 13.8. The van der Waals surface area contributed by atoms with Crippen LogP contribution in [0.15, 0.2) is 30.3 Å². The third kappa shape index (κ3) is 3.89. The zero-order chi connectivity index (χ0) is 12.9. The van der Waals surface area contributed by atoms with Gasteiger partial charge in [0.2, 0.25) is 0 Å². The van der Waals surface area contributed by atoms with Crippen molar-refractivity contribution < 1.29 is 5.11 Å². The lowest BCUT2D eigenvalue weighted by Crippen LogP contribution is -2.42. The standard InChI is InChI=1S/C15H21NO/c1-5-11-15(2,3)16(4)12-14(17)13-9-7-6-8-10-13/h6-10,14,17H,12H2,1-4H3. The maximum atomic E-state index is 10.1. The van der Waals surface area contributed by atoms with E-state index in [1.54, 1.807) is 0 Å². The molecule has 17 heavy (non-hydrogen) atoms. The predicted molar refractivity (Wildman–Crippen MR) is 71.6 cm³/mol. The summed E-state index contributed by atoms with van der Waals surface area (Å²) in [7, 11) is 1.98. The minimum Gasteiger partial charge on any atom is -0.387 e. The molecule has 1 unspecified atom stereocenters. The Balaban J connectivity index is 2.68. The maximum absolute atomic E-state index is 10.1. The average molecular weight is 231 g/mol. The van der Waals surface area contributed by atoms with Crippen LogP contribution in [0.3, 0.4) is 0 Å². The summed E-state index contributed by atoms with van der Waals surface area (Å²) in [5.41, 5.74) is 0.726. The number of benzene rings is 1. The molecule has 2 heteroatoms. The summed E-state index contributed by atoms with van der Waals surface area (Å²) in [5, 5.41) is 10.1. The van der Waals surface area contributed by atoms with Gasteiger partial charge in [-0.15, -0.1) is 5.92 Å². The number of aliphatic hydroxyl groups is 1. The molecule has 1 N–H and O–H groups in total. The highest BCUT2D eigenvalue weighted by atomic mass is 16.3. The second-order valence-electron chi connectivity index (χ2n) is 4.74. The Morgan fingerprint density at radius 2 is 1.88 bits per heavy atom. The molecular weight excluding hydrogens is 210 g/mol. The number of likely N-dealkylation sites (N-methyl/N-ethyl adjacent to an activating group) is 1. The van der Waals surface area contributed by atoms with Crippen LogP contribution >= 0.6 is 0 Å². The smallest absolute Gasteiger partial charge is 0.0917 e. The minimum absolute atomic E-state index is 0.218. The Morgan fingerprint density at radius 3 is 2.41 bits per heavy atom. The van der Waals surface area contributed by atoms with E-state index < -0.39 is 6.10 Å². The molecule has 0 saturated heterocycles. The van der Waals surface area contributed by atoms with Crippen LogP contribution < -0.4 is 0 Å². The Kier molecular flexibility index (Phi) is 4.74. The SMILES string of the molecule is CC#CC(C)(C)N(C)CC(O)c1ccccc1. The van der Waals surface area contributed by atoms with Gasteiger partial charge >= 0.3 is 0 Å². The highest BCUT2D eigenvalue weighted by Crippen LogP contribution is 2.18. The molecule has 0 spiro atoms. The molecule has 1 aromatic carbocycles. The monoisotopic (exact) mass is 231 g/mol. The molecule has 2 nitrogen and oxygen atoms in total. The van der Waals surface area contributed by atoms with Crippen LogP contribution in [0.5, 0.6) is 0 Å². The average Bonchev–Trinajstić information content (AvgIpc) is 2.30. The van der Waals surface area contributed by atoms with Crippen molar-refractivity contribution in [2.24, 2.45) is 0 Å². The van der Waals surface area contributed by atoms with Crippen LogP contribution in [-0.2, 0) is 0 Å². The molecule has 0 fully saturated rings. The zero-order valence-electron chi connectivity index (χ0n) is 11.1. The molecule has 92 valence electrons. The van der Waals surface area contributed by atoms with E-state index >= 15 is 0 Å². The highest BCUT2D eigenvalue weighted by molar-refractivity contribution is 5.18. The van der Waals surface area contributed by atoms with Gasteiger partial charge in [0.25, 0.3) is 0 Å². The van der Waals surface area contributed by atoms with Crippen molar-refractivity contribution in [3.63, 3.8) is 0 Å². The van der Waals surface area contributed by atoms with Crippen molar-refractivity contribution in [1.82, 2.24) is 4.90 Å². The summed E-state index contributed by atoms with van der Waals surface area (Å²) in [6.45, 7) is 6.53. The minimum atomic E-state index is -0.473. The fourth-order valence-corrected chi connectivity index (χ4v) is 1.67. The van der Waals surface area contributed by atoms with Gasteiger partial charge in [0.1, 0.15) is 0 Å². The Bertz CT molecular complexity index is 400. The van der Waals surface area contributed by atoms with Crippen molar-refractivity contribution in [3.05, 3.63) is 35.9 Å². The van der Waals surface area contributed by atoms with E-state index in [1.165, 1.54) is 0 Å². The summed E-state index contributed by atoms with van der Waals surface area (Å²) in [5.74, 6) is 6.07. The van der Waals surface area contributed by atoms with Crippen LogP contribution in [-0.4, -0.2) is 29.1 Å². The van der Waals surface area contributed by atoms with Crippen molar-refractivity contribution in [2.75, 3.05) is 13.6 Å². The molecule has 0 saturated carbocycles. The molecule has 1 atom stereocenters. The number of hydrogen-bond acceptors (Lipinski definition) is 2. The number of nitrogens with zero attached hydrogens (tertiary/aromatic N) is 1. The molecular formula is C15H21NO. The fraction of sp³-hybridized carbons (Fsp3) is 0.467. The largest absolute Gasteiger partial charge is 0.387 e.